The number of rotatable bonds is 6. The number of hydrogen-bond acceptors (Lipinski definition) is 2. The first-order chi connectivity index (χ1) is 10.0. The molecule has 0 saturated heterocycles. The van der Waals surface area contributed by atoms with Crippen molar-refractivity contribution in [1.29, 1.82) is 0 Å². The molecule has 0 aliphatic heterocycles. The Kier molecular flexibility index (Phi) is 6.07. The Bertz CT molecular complexity index is 474. The van der Waals surface area contributed by atoms with Gasteiger partial charge in [-0.3, -0.25) is 0 Å². The molecule has 0 fully saturated rings. The molecule has 2 nitrogen and oxygen atoms in total. The molecule has 0 heterocycles. The molecule has 0 aliphatic carbocycles. The maximum Gasteiger partial charge on any atom is 0.460 e. The third-order valence-electron chi connectivity index (χ3n) is 2.36. The fourth-order valence-electron chi connectivity index (χ4n) is 1.18. The van der Waals surface area contributed by atoms with E-state index in [0.717, 1.165) is 6.92 Å². The van der Waals surface area contributed by atoms with Crippen LogP contribution in [0.5, 0.6) is 0 Å². The average Bonchev–Trinajstić information content (AvgIpc) is 2.34. The maximum absolute atomic E-state index is 13.1. The lowest BCUT2D eigenvalue weighted by Crippen LogP contribution is -2.61. The van der Waals surface area contributed by atoms with Gasteiger partial charge in [0.2, 0.25) is 0 Å². The van der Waals surface area contributed by atoms with Crippen LogP contribution in [0.4, 0.5) is 48.3 Å². The van der Waals surface area contributed by atoms with Crippen molar-refractivity contribution in [2.24, 2.45) is 0 Å². The van der Waals surface area contributed by atoms with Gasteiger partial charge >= 0.3 is 29.9 Å². The molecule has 0 aliphatic rings. The fourth-order valence-corrected chi connectivity index (χ4v) is 1.18. The molecule has 0 atom stereocenters. The van der Waals surface area contributed by atoms with E-state index in [4.69, 9.17) is 0 Å². The lowest BCUT2D eigenvalue weighted by Gasteiger charge is -2.33. The Morgan fingerprint density at radius 3 is 1.61 bits per heavy atom. The molecule has 0 rings (SSSR count). The first-order valence-corrected chi connectivity index (χ1v) is 5.44. The van der Waals surface area contributed by atoms with Crippen LogP contribution in [-0.4, -0.2) is 36.5 Å². The number of esters is 1. The van der Waals surface area contributed by atoms with Gasteiger partial charge in [-0.2, -0.15) is 48.3 Å². The molecule has 0 unspecified atom stereocenters. The van der Waals surface area contributed by atoms with Crippen LogP contribution in [0.25, 0.3) is 0 Å². The van der Waals surface area contributed by atoms with Crippen LogP contribution in [0.2, 0.25) is 0 Å². The van der Waals surface area contributed by atoms with Crippen molar-refractivity contribution in [3.05, 3.63) is 11.7 Å². The van der Waals surface area contributed by atoms with Crippen LogP contribution in [0.3, 0.4) is 0 Å². The smallest absolute Gasteiger partial charge is 0.460 e. The van der Waals surface area contributed by atoms with Crippen molar-refractivity contribution in [2.45, 2.75) is 37.3 Å². The van der Waals surface area contributed by atoms with Gasteiger partial charge in [-0.15, -0.1) is 0 Å². The summed E-state index contributed by atoms with van der Waals surface area (Å²) in [7, 11) is 0. The van der Waals surface area contributed by atoms with Gasteiger partial charge in [0.15, 0.2) is 0 Å². The molecule has 0 N–H and O–H groups in total. The first-order valence-electron chi connectivity index (χ1n) is 5.44. The van der Waals surface area contributed by atoms with Crippen LogP contribution in [0.1, 0.15) is 13.3 Å². The molecule has 13 heteroatoms. The van der Waals surface area contributed by atoms with Crippen molar-refractivity contribution in [3.8, 4) is 0 Å². The minimum atomic E-state index is -7.23. The summed E-state index contributed by atoms with van der Waals surface area (Å²) in [6.07, 6.45) is -13.4. The number of halogens is 11. The van der Waals surface area contributed by atoms with E-state index < -0.39 is 54.6 Å². The molecule has 0 aromatic rings. The third-order valence-corrected chi connectivity index (χ3v) is 2.36. The summed E-state index contributed by atoms with van der Waals surface area (Å²) in [5.74, 6) is -22.9. The number of hydrogen-bond donors (Lipinski definition) is 0. The quantitative estimate of drug-likeness (QED) is 0.390. The molecule has 0 bridgehead atoms. The summed E-state index contributed by atoms with van der Waals surface area (Å²) >= 11 is 0. The summed E-state index contributed by atoms with van der Waals surface area (Å²) < 4.78 is 141. The molecule has 0 radical (unpaired) electrons. The lowest BCUT2D eigenvalue weighted by molar-refractivity contribution is -0.395. The second-order valence-corrected chi connectivity index (χ2v) is 3.99. The van der Waals surface area contributed by atoms with Crippen LogP contribution in [0.15, 0.2) is 11.7 Å². The monoisotopic (exact) mass is 368 g/mol. The van der Waals surface area contributed by atoms with Crippen molar-refractivity contribution < 1.29 is 57.8 Å². The highest BCUT2D eigenvalue weighted by Gasteiger charge is 2.81. The molecule has 0 saturated carbocycles. The highest BCUT2D eigenvalue weighted by molar-refractivity contribution is 5.88. The second-order valence-electron chi connectivity index (χ2n) is 3.99. The zero-order chi connectivity index (χ0) is 18.9. The Morgan fingerprint density at radius 2 is 1.30 bits per heavy atom. The van der Waals surface area contributed by atoms with Gasteiger partial charge < -0.3 is 4.74 Å². The van der Waals surface area contributed by atoms with Gasteiger partial charge in [-0.1, -0.05) is 0 Å². The standard InChI is InChI=1S/C10H7F11O2/c1-2-23-6(22)4(5(11)12)3-7(13,14)8(15,16)9(17,18)10(19,20)21/h2-3H2,1H3. The van der Waals surface area contributed by atoms with E-state index >= 15 is 0 Å². The number of carbonyl (C=O) groups is 1. The third kappa shape index (κ3) is 4.05. The average molecular weight is 368 g/mol. The molecule has 0 aromatic heterocycles. The maximum atomic E-state index is 13.1. The second kappa shape index (κ2) is 6.51. The zero-order valence-electron chi connectivity index (χ0n) is 10.9. The Labute approximate surface area is 120 Å². The largest absolute Gasteiger partial charge is 0.462 e. The molecular formula is C10H7F11O2. The van der Waals surface area contributed by atoms with Gasteiger partial charge in [0.1, 0.15) is 5.57 Å². The Morgan fingerprint density at radius 1 is 0.870 bits per heavy atom. The van der Waals surface area contributed by atoms with Gasteiger partial charge in [-0.25, -0.2) is 4.79 Å². The van der Waals surface area contributed by atoms with E-state index in [2.05, 4.69) is 4.74 Å². The minimum absolute atomic E-state index is 0.670. The van der Waals surface area contributed by atoms with Gasteiger partial charge in [-0.05, 0) is 6.92 Å². The van der Waals surface area contributed by atoms with Gasteiger partial charge in [0, 0.05) is 0 Å². The Hall–Kier alpha value is -1.56. The number of carbonyl (C=O) groups excluding carboxylic acids is 1. The molecule has 0 amide bonds. The fraction of sp³-hybridized carbons (Fsp3) is 0.700. The van der Waals surface area contributed by atoms with E-state index in [1.165, 1.54) is 0 Å². The van der Waals surface area contributed by atoms with E-state index in [1.807, 2.05) is 0 Å². The summed E-state index contributed by atoms with van der Waals surface area (Å²) in [6.45, 7) is 0.340. The van der Waals surface area contributed by atoms with E-state index in [9.17, 15) is 53.1 Å². The van der Waals surface area contributed by atoms with Crippen molar-refractivity contribution in [2.75, 3.05) is 6.61 Å². The molecular weight excluding hydrogens is 361 g/mol. The predicted octanol–water partition coefficient (Wildman–Crippen LogP) is 4.56. The van der Waals surface area contributed by atoms with Gasteiger partial charge in [0.25, 0.3) is 6.08 Å². The lowest BCUT2D eigenvalue weighted by atomic mass is 9.97. The summed E-state index contributed by atoms with van der Waals surface area (Å²) in [4.78, 5) is 10.9. The molecule has 0 spiro atoms. The molecule has 136 valence electrons. The van der Waals surface area contributed by atoms with Crippen molar-refractivity contribution >= 4 is 5.97 Å². The van der Waals surface area contributed by atoms with Crippen LogP contribution < -0.4 is 0 Å². The van der Waals surface area contributed by atoms with E-state index in [1.54, 1.807) is 0 Å². The summed E-state index contributed by atoms with van der Waals surface area (Å²) in [6, 6.07) is 0. The highest BCUT2D eigenvalue weighted by Crippen LogP contribution is 2.54. The highest BCUT2D eigenvalue weighted by atomic mass is 19.4. The Balaban J connectivity index is 5.80. The van der Waals surface area contributed by atoms with E-state index in [0.29, 0.717) is 0 Å². The summed E-state index contributed by atoms with van der Waals surface area (Å²) in [5.41, 5.74) is -2.44. The SMILES string of the molecule is CCOC(=O)C(CC(F)(F)C(F)(F)C(F)(F)C(F)(F)F)=C(F)F. The zero-order valence-corrected chi connectivity index (χ0v) is 10.9. The molecule has 0 aromatic carbocycles. The van der Waals surface area contributed by atoms with Crippen LogP contribution >= 0.6 is 0 Å². The van der Waals surface area contributed by atoms with Gasteiger partial charge in [0.05, 0.1) is 13.0 Å². The topological polar surface area (TPSA) is 26.3 Å². The van der Waals surface area contributed by atoms with Crippen LogP contribution in [-0.2, 0) is 9.53 Å². The number of alkyl halides is 9. The van der Waals surface area contributed by atoms with Crippen molar-refractivity contribution in [3.63, 3.8) is 0 Å². The molecule has 23 heavy (non-hydrogen) atoms. The minimum Gasteiger partial charge on any atom is -0.462 e. The predicted molar refractivity (Wildman–Crippen MR) is 51.4 cm³/mol. The van der Waals surface area contributed by atoms with E-state index in [-0.39, 0.29) is 0 Å². The first kappa shape index (κ1) is 21.4. The summed E-state index contributed by atoms with van der Waals surface area (Å²) in [5, 5.41) is 0. The normalized spacial score (nSPS) is 13.7. The number of ether oxygens (including phenoxy) is 1. The van der Waals surface area contributed by atoms with Crippen molar-refractivity contribution in [1.82, 2.24) is 0 Å². The van der Waals surface area contributed by atoms with Crippen LogP contribution in [0, 0.1) is 0 Å².